The SMILES string of the molecule is O=S(=O)(Nc1ccc2ncnn2c1)c1c[nH]c2cc(Cl)ccc12. The highest BCUT2D eigenvalue weighted by atomic mass is 35.5. The number of H-pyrrole nitrogens is 1. The Morgan fingerprint density at radius 2 is 2.09 bits per heavy atom. The molecule has 0 saturated heterocycles. The third kappa shape index (κ3) is 2.41. The number of sulfonamides is 1. The Kier molecular flexibility index (Phi) is 3.03. The minimum Gasteiger partial charge on any atom is -0.360 e. The van der Waals surface area contributed by atoms with Gasteiger partial charge >= 0.3 is 0 Å². The first-order valence-corrected chi connectivity index (χ1v) is 8.48. The van der Waals surface area contributed by atoms with Crippen molar-refractivity contribution in [1.29, 1.82) is 0 Å². The predicted molar refractivity (Wildman–Crippen MR) is 87.1 cm³/mol. The standard InChI is InChI=1S/C14H10ClN5O2S/c15-9-1-3-11-12(5-9)16-6-13(11)23(21,22)19-10-2-4-14-17-8-18-20(14)7-10/h1-8,16,19H. The molecule has 1 aromatic carbocycles. The predicted octanol–water partition coefficient (Wildman–Crippen LogP) is 2.66. The number of nitrogens with one attached hydrogen (secondary N) is 2. The molecule has 0 spiro atoms. The Morgan fingerprint density at radius 1 is 1.22 bits per heavy atom. The van der Waals surface area contributed by atoms with Gasteiger partial charge in [-0.25, -0.2) is 17.9 Å². The molecule has 4 rings (SSSR count). The van der Waals surface area contributed by atoms with E-state index in [2.05, 4.69) is 19.8 Å². The first-order chi connectivity index (χ1) is 11.0. The maximum atomic E-state index is 12.6. The van der Waals surface area contributed by atoms with Gasteiger partial charge in [0.15, 0.2) is 5.65 Å². The number of pyridine rings is 1. The van der Waals surface area contributed by atoms with Gasteiger partial charge in [-0.2, -0.15) is 5.10 Å². The summed E-state index contributed by atoms with van der Waals surface area (Å²) in [4.78, 5) is 7.08. The molecule has 2 N–H and O–H groups in total. The quantitative estimate of drug-likeness (QED) is 0.596. The number of aromatic amines is 1. The molecule has 0 fully saturated rings. The second-order valence-corrected chi connectivity index (χ2v) is 7.02. The van der Waals surface area contributed by atoms with E-state index in [1.54, 1.807) is 36.5 Å². The third-order valence-corrected chi connectivity index (χ3v) is 5.08. The van der Waals surface area contributed by atoms with Crippen molar-refractivity contribution in [3.63, 3.8) is 0 Å². The Morgan fingerprint density at radius 3 is 2.96 bits per heavy atom. The van der Waals surface area contributed by atoms with Crippen LogP contribution in [0.4, 0.5) is 5.69 Å². The number of hydrogen-bond donors (Lipinski definition) is 2. The molecule has 4 aromatic rings. The van der Waals surface area contributed by atoms with E-state index in [0.717, 1.165) is 0 Å². The van der Waals surface area contributed by atoms with E-state index in [-0.39, 0.29) is 4.90 Å². The van der Waals surface area contributed by atoms with Crippen LogP contribution in [0.2, 0.25) is 5.02 Å². The summed E-state index contributed by atoms with van der Waals surface area (Å²) in [5.74, 6) is 0. The number of fused-ring (bicyclic) bond motifs is 2. The van der Waals surface area contributed by atoms with Crippen molar-refractivity contribution in [2.45, 2.75) is 4.90 Å². The first kappa shape index (κ1) is 14.0. The second-order valence-electron chi connectivity index (χ2n) is 4.93. The fourth-order valence-corrected chi connectivity index (χ4v) is 3.78. The van der Waals surface area contributed by atoms with Gasteiger partial charge in [0.2, 0.25) is 0 Å². The van der Waals surface area contributed by atoms with Crippen molar-refractivity contribution in [3.05, 3.63) is 54.1 Å². The summed E-state index contributed by atoms with van der Waals surface area (Å²) in [6, 6.07) is 8.31. The fourth-order valence-electron chi connectivity index (χ4n) is 2.38. The molecule has 0 atom stereocenters. The normalized spacial score (nSPS) is 12.0. The maximum Gasteiger partial charge on any atom is 0.264 e. The lowest BCUT2D eigenvalue weighted by molar-refractivity contribution is 0.602. The van der Waals surface area contributed by atoms with Crippen molar-refractivity contribution in [1.82, 2.24) is 19.6 Å². The number of anilines is 1. The Hall–Kier alpha value is -2.58. The summed E-state index contributed by atoms with van der Waals surface area (Å²) in [7, 11) is -3.75. The fraction of sp³-hybridized carbons (Fsp3) is 0. The van der Waals surface area contributed by atoms with Crippen molar-refractivity contribution < 1.29 is 8.42 Å². The van der Waals surface area contributed by atoms with Gasteiger partial charge in [0, 0.05) is 22.1 Å². The van der Waals surface area contributed by atoms with Gasteiger partial charge < -0.3 is 4.98 Å². The molecule has 0 bridgehead atoms. The first-order valence-electron chi connectivity index (χ1n) is 6.62. The number of hydrogen-bond acceptors (Lipinski definition) is 4. The molecule has 9 heteroatoms. The number of benzene rings is 1. The summed E-state index contributed by atoms with van der Waals surface area (Å²) < 4.78 is 29.3. The van der Waals surface area contributed by atoms with Gasteiger partial charge in [0.05, 0.1) is 11.9 Å². The zero-order valence-electron chi connectivity index (χ0n) is 11.6. The highest BCUT2D eigenvalue weighted by Gasteiger charge is 2.19. The highest BCUT2D eigenvalue weighted by molar-refractivity contribution is 7.93. The molecule has 0 amide bonds. The van der Waals surface area contributed by atoms with Gasteiger partial charge in [-0.15, -0.1) is 0 Å². The highest BCUT2D eigenvalue weighted by Crippen LogP contribution is 2.26. The topological polar surface area (TPSA) is 92.2 Å². The van der Waals surface area contributed by atoms with Crippen LogP contribution in [0, 0.1) is 0 Å². The molecule has 23 heavy (non-hydrogen) atoms. The van der Waals surface area contributed by atoms with E-state index < -0.39 is 10.0 Å². The lowest BCUT2D eigenvalue weighted by Crippen LogP contribution is -2.13. The van der Waals surface area contributed by atoms with Crippen LogP contribution in [0.25, 0.3) is 16.6 Å². The molecule has 0 unspecified atom stereocenters. The largest absolute Gasteiger partial charge is 0.360 e. The van der Waals surface area contributed by atoms with Crippen LogP contribution in [-0.2, 0) is 10.0 Å². The van der Waals surface area contributed by atoms with Crippen molar-refractivity contribution in [3.8, 4) is 0 Å². The van der Waals surface area contributed by atoms with Crippen LogP contribution in [0.5, 0.6) is 0 Å². The molecule has 0 aliphatic rings. The zero-order valence-corrected chi connectivity index (χ0v) is 13.1. The van der Waals surface area contributed by atoms with Crippen LogP contribution in [0.3, 0.4) is 0 Å². The Balaban J connectivity index is 1.76. The monoisotopic (exact) mass is 347 g/mol. The maximum absolute atomic E-state index is 12.6. The summed E-state index contributed by atoms with van der Waals surface area (Å²) >= 11 is 5.92. The van der Waals surface area contributed by atoms with Gasteiger partial charge in [-0.1, -0.05) is 11.6 Å². The smallest absolute Gasteiger partial charge is 0.264 e. The van der Waals surface area contributed by atoms with Crippen LogP contribution in [-0.4, -0.2) is 28.0 Å². The van der Waals surface area contributed by atoms with Gasteiger partial charge in [0.1, 0.15) is 11.2 Å². The minimum absolute atomic E-state index is 0.155. The molecular formula is C14H10ClN5O2S. The molecule has 3 heterocycles. The molecule has 0 radical (unpaired) electrons. The van der Waals surface area contributed by atoms with Crippen molar-refractivity contribution in [2.75, 3.05) is 4.72 Å². The molecular weight excluding hydrogens is 338 g/mol. The minimum atomic E-state index is -3.75. The number of nitrogens with zero attached hydrogens (tertiary/aromatic N) is 3. The van der Waals surface area contributed by atoms with Gasteiger partial charge in [0.25, 0.3) is 10.0 Å². The summed E-state index contributed by atoms with van der Waals surface area (Å²) in [6.45, 7) is 0. The summed E-state index contributed by atoms with van der Waals surface area (Å²) in [5.41, 5.74) is 1.69. The van der Waals surface area contributed by atoms with E-state index in [1.165, 1.54) is 17.0 Å². The molecule has 3 aromatic heterocycles. The van der Waals surface area contributed by atoms with E-state index in [9.17, 15) is 8.42 Å². The van der Waals surface area contributed by atoms with Crippen LogP contribution < -0.4 is 4.72 Å². The van der Waals surface area contributed by atoms with E-state index in [1.807, 2.05) is 0 Å². The molecule has 0 aliphatic carbocycles. The number of halogens is 1. The van der Waals surface area contributed by atoms with Gasteiger partial charge in [-0.3, -0.25) is 4.72 Å². The Bertz CT molecular complexity index is 1130. The van der Waals surface area contributed by atoms with Crippen LogP contribution >= 0.6 is 11.6 Å². The van der Waals surface area contributed by atoms with Crippen LogP contribution in [0.15, 0.2) is 53.9 Å². The average molecular weight is 348 g/mol. The molecule has 0 saturated carbocycles. The van der Waals surface area contributed by atoms with Crippen molar-refractivity contribution in [2.24, 2.45) is 0 Å². The van der Waals surface area contributed by atoms with E-state index in [4.69, 9.17) is 11.6 Å². The van der Waals surface area contributed by atoms with Crippen LogP contribution in [0.1, 0.15) is 0 Å². The molecule has 116 valence electrons. The van der Waals surface area contributed by atoms with E-state index in [0.29, 0.717) is 27.3 Å². The molecule has 0 aliphatic heterocycles. The lowest BCUT2D eigenvalue weighted by atomic mass is 10.2. The average Bonchev–Trinajstić information content (AvgIpc) is 3.12. The van der Waals surface area contributed by atoms with Crippen molar-refractivity contribution >= 4 is 43.9 Å². The van der Waals surface area contributed by atoms with E-state index >= 15 is 0 Å². The Labute approximate surface area is 136 Å². The lowest BCUT2D eigenvalue weighted by Gasteiger charge is -2.07. The van der Waals surface area contributed by atoms with Gasteiger partial charge in [-0.05, 0) is 30.3 Å². The summed E-state index contributed by atoms with van der Waals surface area (Å²) in [5, 5.41) is 5.09. The third-order valence-electron chi connectivity index (χ3n) is 3.42. The zero-order chi connectivity index (χ0) is 16.0. The number of aromatic nitrogens is 4. The number of rotatable bonds is 3. The molecule has 7 nitrogen and oxygen atoms in total. The summed E-state index contributed by atoms with van der Waals surface area (Å²) in [6.07, 6.45) is 4.40. The second kappa shape index (κ2) is 4.97.